The highest BCUT2D eigenvalue weighted by molar-refractivity contribution is 6.55. The summed E-state index contributed by atoms with van der Waals surface area (Å²) in [5, 5.41) is 3.82. The molecule has 0 fully saturated rings. The van der Waals surface area contributed by atoms with Crippen LogP contribution in [-0.2, 0) is 14.4 Å². The van der Waals surface area contributed by atoms with Crippen LogP contribution in [-0.4, -0.2) is 17.6 Å². The zero-order chi connectivity index (χ0) is 16.4. The SMILES string of the molecule is CC(C)C(=O)O/N=C1/C(=O)N(c2ccccc2)c2ccccc21. The van der Waals surface area contributed by atoms with E-state index < -0.39 is 5.97 Å². The van der Waals surface area contributed by atoms with E-state index in [1.54, 1.807) is 24.8 Å². The fraction of sp³-hybridized carbons (Fsp3) is 0.167. The van der Waals surface area contributed by atoms with Crippen molar-refractivity contribution in [1.29, 1.82) is 0 Å². The molecule has 1 amide bonds. The Bertz CT molecular complexity index is 782. The predicted molar refractivity (Wildman–Crippen MR) is 87.5 cm³/mol. The van der Waals surface area contributed by atoms with Gasteiger partial charge in [-0.2, -0.15) is 0 Å². The largest absolute Gasteiger partial charge is 0.337 e. The number of rotatable bonds is 3. The highest BCUT2D eigenvalue weighted by Crippen LogP contribution is 2.35. The average molecular weight is 308 g/mol. The lowest BCUT2D eigenvalue weighted by Crippen LogP contribution is -2.26. The second-order valence-electron chi connectivity index (χ2n) is 5.50. The van der Waals surface area contributed by atoms with Gasteiger partial charge in [0.15, 0.2) is 5.71 Å². The highest BCUT2D eigenvalue weighted by atomic mass is 16.7. The molecule has 116 valence electrons. The molecule has 0 aromatic heterocycles. The normalized spacial score (nSPS) is 15.2. The molecule has 0 saturated heterocycles. The van der Waals surface area contributed by atoms with Crippen LogP contribution < -0.4 is 4.90 Å². The Labute approximate surface area is 134 Å². The minimum absolute atomic E-state index is 0.137. The average Bonchev–Trinajstić information content (AvgIpc) is 2.85. The van der Waals surface area contributed by atoms with E-state index in [9.17, 15) is 9.59 Å². The summed E-state index contributed by atoms with van der Waals surface area (Å²) in [5.74, 6) is -1.09. The van der Waals surface area contributed by atoms with Crippen LogP contribution in [0.15, 0.2) is 59.8 Å². The van der Waals surface area contributed by atoms with E-state index in [1.807, 2.05) is 48.5 Å². The maximum atomic E-state index is 12.7. The number of benzene rings is 2. The van der Waals surface area contributed by atoms with Crippen molar-refractivity contribution in [2.45, 2.75) is 13.8 Å². The number of para-hydroxylation sites is 2. The number of anilines is 2. The van der Waals surface area contributed by atoms with Gasteiger partial charge in [0.25, 0.3) is 5.91 Å². The van der Waals surface area contributed by atoms with E-state index in [-0.39, 0.29) is 17.5 Å². The minimum atomic E-state index is -0.471. The number of carbonyl (C=O) groups is 2. The van der Waals surface area contributed by atoms with E-state index in [2.05, 4.69) is 5.16 Å². The molecule has 2 aromatic rings. The van der Waals surface area contributed by atoms with Gasteiger partial charge in [-0.3, -0.25) is 9.69 Å². The fourth-order valence-corrected chi connectivity index (χ4v) is 2.32. The lowest BCUT2D eigenvalue weighted by Gasteiger charge is -2.16. The van der Waals surface area contributed by atoms with Gasteiger partial charge in [-0.15, -0.1) is 0 Å². The third-order valence-electron chi connectivity index (χ3n) is 3.52. The standard InChI is InChI=1S/C18H16N2O3/c1-12(2)18(22)23-19-16-14-10-6-7-11-15(14)20(17(16)21)13-8-4-3-5-9-13/h3-12H,1-2H3/b19-16+. The summed E-state index contributed by atoms with van der Waals surface area (Å²) in [6, 6.07) is 16.6. The number of amides is 1. The second kappa shape index (κ2) is 6.04. The lowest BCUT2D eigenvalue weighted by atomic mass is 10.1. The molecule has 5 heteroatoms. The summed E-state index contributed by atoms with van der Waals surface area (Å²) in [6.45, 7) is 3.42. The van der Waals surface area contributed by atoms with Crippen molar-refractivity contribution in [2.24, 2.45) is 11.1 Å². The van der Waals surface area contributed by atoms with Gasteiger partial charge >= 0.3 is 5.97 Å². The van der Waals surface area contributed by atoms with E-state index in [4.69, 9.17) is 4.84 Å². The van der Waals surface area contributed by atoms with Gasteiger partial charge in [0.1, 0.15) is 0 Å². The molecule has 0 spiro atoms. The van der Waals surface area contributed by atoms with Gasteiger partial charge in [-0.05, 0) is 18.2 Å². The molecule has 5 nitrogen and oxygen atoms in total. The summed E-state index contributed by atoms with van der Waals surface area (Å²) in [4.78, 5) is 30.8. The second-order valence-corrected chi connectivity index (χ2v) is 5.50. The van der Waals surface area contributed by atoms with Crippen LogP contribution in [0.3, 0.4) is 0 Å². The molecule has 23 heavy (non-hydrogen) atoms. The van der Waals surface area contributed by atoms with Crippen LogP contribution in [0.25, 0.3) is 0 Å². The number of hydrogen-bond acceptors (Lipinski definition) is 4. The van der Waals surface area contributed by atoms with Gasteiger partial charge in [0.2, 0.25) is 0 Å². The number of oxime groups is 1. The fourth-order valence-electron chi connectivity index (χ4n) is 2.32. The molecule has 0 saturated carbocycles. The molecule has 3 rings (SSSR count). The molecule has 2 aromatic carbocycles. The van der Waals surface area contributed by atoms with Gasteiger partial charge in [0.05, 0.1) is 11.6 Å². The molecule has 0 unspecified atom stereocenters. The highest BCUT2D eigenvalue weighted by Gasteiger charge is 2.35. The summed E-state index contributed by atoms with van der Waals surface area (Å²) >= 11 is 0. The van der Waals surface area contributed by atoms with E-state index >= 15 is 0 Å². The molecule has 1 aliphatic rings. The Morgan fingerprint density at radius 3 is 2.39 bits per heavy atom. The van der Waals surface area contributed by atoms with Crippen LogP contribution in [0.4, 0.5) is 11.4 Å². The Balaban J connectivity index is 2.02. The first kappa shape index (κ1) is 15.0. The molecule has 0 atom stereocenters. The van der Waals surface area contributed by atoms with Crippen molar-refractivity contribution >= 4 is 29.0 Å². The molecule has 1 aliphatic heterocycles. The molecule has 0 radical (unpaired) electrons. The third-order valence-corrected chi connectivity index (χ3v) is 3.52. The number of carbonyl (C=O) groups excluding carboxylic acids is 2. The summed E-state index contributed by atoms with van der Waals surface area (Å²) in [7, 11) is 0. The topological polar surface area (TPSA) is 59.0 Å². The van der Waals surface area contributed by atoms with Crippen molar-refractivity contribution < 1.29 is 14.4 Å². The smallest absolute Gasteiger partial charge is 0.317 e. The van der Waals surface area contributed by atoms with Crippen LogP contribution in [0.5, 0.6) is 0 Å². The Kier molecular flexibility index (Phi) is 3.93. The van der Waals surface area contributed by atoms with Crippen LogP contribution in [0.2, 0.25) is 0 Å². The molecular weight excluding hydrogens is 292 g/mol. The third kappa shape index (κ3) is 2.73. The number of fused-ring (bicyclic) bond motifs is 1. The Hall–Kier alpha value is -2.95. The van der Waals surface area contributed by atoms with Crippen molar-refractivity contribution in [2.75, 3.05) is 4.90 Å². The number of hydrogen-bond donors (Lipinski definition) is 0. The first-order valence-electron chi connectivity index (χ1n) is 7.37. The van der Waals surface area contributed by atoms with Crippen molar-refractivity contribution in [3.05, 3.63) is 60.2 Å². The molecule has 0 aliphatic carbocycles. The maximum Gasteiger partial charge on any atom is 0.337 e. The summed E-state index contributed by atoms with van der Waals surface area (Å²) in [5.41, 5.74) is 2.25. The first-order valence-corrected chi connectivity index (χ1v) is 7.37. The quantitative estimate of drug-likeness (QED) is 0.646. The predicted octanol–water partition coefficient (Wildman–Crippen LogP) is 3.27. The zero-order valence-electron chi connectivity index (χ0n) is 12.9. The summed E-state index contributed by atoms with van der Waals surface area (Å²) in [6.07, 6.45) is 0. The Morgan fingerprint density at radius 2 is 1.70 bits per heavy atom. The maximum absolute atomic E-state index is 12.7. The van der Waals surface area contributed by atoms with E-state index in [1.165, 1.54) is 0 Å². The molecule has 0 bridgehead atoms. The van der Waals surface area contributed by atoms with E-state index in [0.29, 0.717) is 5.56 Å². The van der Waals surface area contributed by atoms with Crippen LogP contribution in [0.1, 0.15) is 19.4 Å². The van der Waals surface area contributed by atoms with E-state index in [0.717, 1.165) is 11.4 Å². The molecule has 1 heterocycles. The zero-order valence-corrected chi connectivity index (χ0v) is 12.9. The van der Waals surface area contributed by atoms with Crippen LogP contribution >= 0.6 is 0 Å². The Morgan fingerprint density at radius 1 is 1.04 bits per heavy atom. The molecule has 0 N–H and O–H groups in total. The van der Waals surface area contributed by atoms with Crippen molar-refractivity contribution in [3.63, 3.8) is 0 Å². The minimum Gasteiger partial charge on any atom is -0.317 e. The number of nitrogens with zero attached hydrogens (tertiary/aromatic N) is 2. The van der Waals surface area contributed by atoms with Gasteiger partial charge in [-0.1, -0.05) is 55.4 Å². The van der Waals surface area contributed by atoms with Crippen LogP contribution in [0, 0.1) is 5.92 Å². The van der Waals surface area contributed by atoms with Gasteiger partial charge < -0.3 is 4.84 Å². The van der Waals surface area contributed by atoms with Gasteiger partial charge in [-0.25, -0.2) is 4.79 Å². The van der Waals surface area contributed by atoms with Crippen molar-refractivity contribution in [3.8, 4) is 0 Å². The van der Waals surface area contributed by atoms with Gasteiger partial charge in [0, 0.05) is 11.3 Å². The first-order chi connectivity index (χ1) is 11.1. The van der Waals surface area contributed by atoms with Crippen molar-refractivity contribution in [1.82, 2.24) is 0 Å². The monoisotopic (exact) mass is 308 g/mol. The molecular formula is C18H16N2O3. The lowest BCUT2D eigenvalue weighted by molar-refractivity contribution is -0.147. The summed E-state index contributed by atoms with van der Waals surface area (Å²) < 4.78 is 0.